The molecule has 2 fully saturated rings. The summed E-state index contributed by atoms with van der Waals surface area (Å²) in [5.74, 6) is -0.482. The Balaban J connectivity index is 1.51. The van der Waals surface area contributed by atoms with Crippen LogP contribution >= 0.6 is 12.2 Å². The van der Waals surface area contributed by atoms with E-state index in [1.807, 2.05) is 18.7 Å². The Labute approximate surface area is 194 Å². The van der Waals surface area contributed by atoms with Crippen LogP contribution in [0.15, 0.2) is 24.3 Å². The SMILES string of the molecule is COC(=O)C(CC(C)C)NC(=O)N1CCC2(CCN(C(=S)Nc3ccccc3F)CC2)C1. The van der Waals surface area contributed by atoms with E-state index in [0.29, 0.717) is 30.3 Å². The minimum Gasteiger partial charge on any atom is -0.467 e. The average Bonchev–Trinajstić information content (AvgIpc) is 3.18. The van der Waals surface area contributed by atoms with E-state index >= 15 is 0 Å². The minimum absolute atomic E-state index is 0.0558. The molecule has 0 saturated carbocycles. The summed E-state index contributed by atoms with van der Waals surface area (Å²) in [5.41, 5.74) is 0.434. The molecule has 2 aliphatic rings. The third kappa shape index (κ3) is 5.88. The molecule has 2 N–H and O–H groups in total. The molecule has 1 unspecified atom stereocenters. The van der Waals surface area contributed by atoms with Crippen LogP contribution in [0.2, 0.25) is 0 Å². The molecule has 1 atom stereocenters. The van der Waals surface area contributed by atoms with Crippen LogP contribution in [0.3, 0.4) is 0 Å². The number of carbonyl (C=O) groups is 2. The first-order chi connectivity index (χ1) is 15.2. The number of para-hydroxylation sites is 1. The van der Waals surface area contributed by atoms with Gasteiger partial charge in [-0.1, -0.05) is 26.0 Å². The summed E-state index contributed by atoms with van der Waals surface area (Å²) < 4.78 is 18.7. The summed E-state index contributed by atoms with van der Waals surface area (Å²) in [6.07, 6.45) is 3.28. The Kier molecular flexibility index (Phi) is 7.92. The molecule has 1 aromatic rings. The van der Waals surface area contributed by atoms with Gasteiger partial charge in [-0.2, -0.15) is 0 Å². The summed E-state index contributed by atoms with van der Waals surface area (Å²) in [6.45, 7) is 6.86. The van der Waals surface area contributed by atoms with Crippen molar-refractivity contribution in [3.63, 3.8) is 0 Å². The van der Waals surface area contributed by atoms with Crippen LogP contribution in [0, 0.1) is 17.2 Å². The third-order valence-electron chi connectivity index (χ3n) is 6.44. The van der Waals surface area contributed by atoms with Gasteiger partial charge in [0.15, 0.2) is 5.11 Å². The number of carbonyl (C=O) groups excluding carboxylic acids is 2. The number of amides is 2. The standard InChI is InChI=1S/C23H33FN4O3S/c1-16(2)14-19(20(29)31-3)25-21(30)28-13-10-23(15-28)8-11-27(12-9-23)22(32)26-18-7-5-4-6-17(18)24/h4-7,16,19H,8-15H2,1-3H3,(H,25,30)(H,26,32). The van der Waals surface area contributed by atoms with Crippen molar-refractivity contribution in [2.75, 3.05) is 38.6 Å². The van der Waals surface area contributed by atoms with Gasteiger partial charge in [-0.15, -0.1) is 0 Å². The van der Waals surface area contributed by atoms with Crippen molar-refractivity contribution in [2.45, 2.75) is 45.6 Å². The molecule has 1 aromatic carbocycles. The van der Waals surface area contributed by atoms with Crippen LogP contribution in [0.5, 0.6) is 0 Å². The third-order valence-corrected chi connectivity index (χ3v) is 6.80. The van der Waals surface area contributed by atoms with Gasteiger partial charge in [0, 0.05) is 26.2 Å². The number of hydrogen-bond acceptors (Lipinski definition) is 4. The van der Waals surface area contributed by atoms with E-state index in [-0.39, 0.29) is 23.2 Å². The van der Waals surface area contributed by atoms with Crippen LogP contribution < -0.4 is 10.6 Å². The number of hydrogen-bond donors (Lipinski definition) is 2. The second-order valence-electron chi connectivity index (χ2n) is 9.22. The second kappa shape index (κ2) is 10.5. The fraction of sp³-hybridized carbons (Fsp3) is 0.609. The maximum atomic E-state index is 13.9. The molecule has 1 spiro atoms. The molecule has 176 valence electrons. The molecule has 32 heavy (non-hydrogen) atoms. The first kappa shape index (κ1) is 24.2. The Morgan fingerprint density at radius 1 is 1.16 bits per heavy atom. The molecule has 0 aliphatic carbocycles. The van der Waals surface area contributed by atoms with Crippen molar-refractivity contribution in [1.82, 2.24) is 15.1 Å². The van der Waals surface area contributed by atoms with Gasteiger partial charge in [-0.3, -0.25) is 0 Å². The quantitative estimate of drug-likeness (QED) is 0.512. The molecule has 0 bridgehead atoms. The fourth-order valence-electron chi connectivity index (χ4n) is 4.53. The maximum Gasteiger partial charge on any atom is 0.328 e. The van der Waals surface area contributed by atoms with Gasteiger partial charge >= 0.3 is 12.0 Å². The zero-order valence-corrected chi connectivity index (χ0v) is 19.8. The van der Waals surface area contributed by atoms with E-state index in [1.54, 1.807) is 18.2 Å². The zero-order chi connectivity index (χ0) is 23.3. The molecule has 2 amide bonds. The molecule has 2 heterocycles. The monoisotopic (exact) mass is 464 g/mol. The summed E-state index contributed by atoms with van der Waals surface area (Å²) in [5, 5.41) is 6.38. The number of anilines is 1. The van der Waals surface area contributed by atoms with Gasteiger partial charge in [0.1, 0.15) is 11.9 Å². The molecular formula is C23H33FN4O3S. The molecule has 0 radical (unpaired) electrons. The predicted octanol–water partition coefficient (Wildman–Crippen LogP) is 3.61. The van der Waals surface area contributed by atoms with E-state index in [9.17, 15) is 14.0 Å². The van der Waals surface area contributed by atoms with Crippen LogP contribution in [0.25, 0.3) is 0 Å². The van der Waals surface area contributed by atoms with Crippen molar-refractivity contribution in [2.24, 2.45) is 11.3 Å². The second-order valence-corrected chi connectivity index (χ2v) is 9.61. The van der Waals surface area contributed by atoms with Crippen LogP contribution in [0.1, 0.15) is 39.5 Å². The summed E-state index contributed by atoms with van der Waals surface area (Å²) in [6, 6.07) is 5.64. The highest BCUT2D eigenvalue weighted by molar-refractivity contribution is 7.80. The van der Waals surface area contributed by atoms with Crippen molar-refractivity contribution in [1.29, 1.82) is 0 Å². The topological polar surface area (TPSA) is 73.9 Å². The smallest absolute Gasteiger partial charge is 0.328 e. The molecule has 0 aromatic heterocycles. The molecule has 9 heteroatoms. The highest BCUT2D eigenvalue weighted by Gasteiger charge is 2.43. The number of piperidine rings is 1. The molecule has 2 saturated heterocycles. The number of methoxy groups -OCH3 is 1. The largest absolute Gasteiger partial charge is 0.467 e. The van der Waals surface area contributed by atoms with Crippen molar-refractivity contribution in [3.05, 3.63) is 30.1 Å². The van der Waals surface area contributed by atoms with Crippen LogP contribution in [0.4, 0.5) is 14.9 Å². The Hall–Kier alpha value is -2.42. The number of esters is 1. The van der Waals surface area contributed by atoms with Crippen molar-refractivity contribution in [3.8, 4) is 0 Å². The molecular weight excluding hydrogens is 431 g/mol. The highest BCUT2D eigenvalue weighted by atomic mass is 32.1. The van der Waals surface area contributed by atoms with Gasteiger partial charge in [-0.05, 0) is 61.4 Å². The minimum atomic E-state index is -0.632. The maximum absolute atomic E-state index is 13.9. The lowest BCUT2D eigenvalue weighted by atomic mass is 9.78. The molecule has 3 rings (SSSR count). The van der Waals surface area contributed by atoms with E-state index in [4.69, 9.17) is 17.0 Å². The normalized spacial score (nSPS) is 18.5. The molecule has 7 nitrogen and oxygen atoms in total. The highest BCUT2D eigenvalue weighted by Crippen LogP contribution is 2.40. The molecule has 2 aliphatic heterocycles. The number of nitrogens with one attached hydrogen (secondary N) is 2. The van der Waals surface area contributed by atoms with Crippen LogP contribution in [-0.2, 0) is 9.53 Å². The lowest BCUT2D eigenvalue weighted by molar-refractivity contribution is -0.143. The van der Waals surface area contributed by atoms with Gasteiger partial charge in [0.05, 0.1) is 12.8 Å². The average molecular weight is 465 g/mol. The number of urea groups is 1. The zero-order valence-electron chi connectivity index (χ0n) is 19.0. The predicted molar refractivity (Wildman–Crippen MR) is 126 cm³/mol. The first-order valence-corrected chi connectivity index (χ1v) is 11.6. The summed E-state index contributed by atoms with van der Waals surface area (Å²) in [4.78, 5) is 28.7. The number of ether oxygens (including phenoxy) is 1. The van der Waals surface area contributed by atoms with Crippen LogP contribution in [-0.4, -0.2) is 66.2 Å². The first-order valence-electron chi connectivity index (χ1n) is 11.2. The van der Waals surface area contributed by atoms with Crippen molar-refractivity contribution >= 4 is 35.0 Å². The van der Waals surface area contributed by atoms with Crippen molar-refractivity contribution < 1.29 is 18.7 Å². The van der Waals surface area contributed by atoms with Gasteiger partial charge < -0.3 is 25.2 Å². The van der Waals surface area contributed by atoms with Gasteiger partial charge in [-0.25, -0.2) is 14.0 Å². The number of thiocarbonyl (C=S) groups is 1. The lowest BCUT2D eigenvalue weighted by Crippen LogP contribution is -2.50. The number of halogens is 1. The van der Waals surface area contributed by atoms with E-state index in [1.165, 1.54) is 13.2 Å². The van der Waals surface area contributed by atoms with E-state index in [2.05, 4.69) is 15.5 Å². The Morgan fingerprint density at radius 3 is 2.38 bits per heavy atom. The van der Waals surface area contributed by atoms with E-state index < -0.39 is 12.0 Å². The number of likely N-dealkylation sites (tertiary alicyclic amines) is 2. The Bertz CT molecular complexity index is 842. The van der Waals surface area contributed by atoms with Gasteiger partial charge in [0.2, 0.25) is 0 Å². The number of benzene rings is 1. The van der Waals surface area contributed by atoms with E-state index in [0.717, 1.165) is 32.4 Å². The van der Waals surface area contributed by atoms with Gasteiger partial charge in [0.25, 0.3) is 0 Å². The number of nitrogens with zero attached hydrogens (tertiary/aromatic N) is 2. The lowest BCUT2D eigenvalue weighted by Gasteiger charge is -2.40. The number of rotatable bonds is 5. The summed E-state index contributed by atoms with van der Waals surface area (Å²) >= 11 is 5.49. The summed E-state index contributed by atoms with van der Waals surface area (Å²) in [7, 11) is 1.34. The Morgan fingerprint density at radius 2 is 1.78 bits per heavy atom. The fourth-order valence-corrected chi connectivity index (χ4v) is 4.82.